The molecule has 0 saturated carbocycles. The smallest absolute Gasteiger partial charge is 0.179 e. The molecule has 2 rings (SSSR count). The lowest BCUT2D eigenvalue weighted by Gasteiger charge is -2.26. The van der Waals surface area contributed by atoms with Gasteiger partial charge in [-0.1, -0.05) is 12.8 Å². The highest BCUT2D eigenvalue weighted by atomic mass is 32.2. The van der Waals surface area contributed by atoms with Crippen LogP contribution < -0.4 is 0 Å². The molecule has 0 amide bonds. The molecule has 1 fully saturated rings. The third kappa shape index (κ3) is 4.29. The van der Waals surface area contributed by atoms with Crippen LogP contribution in [0, 0.1) is 11.3 Å². The summed E-state index contributed by atoms with van der Waals surface area (Å²) in [6, 6.07) is 8.63. The average Bonchev–Trinajstić information content (AvgIpc) is 2.70. The van der Waals surface area contributed by atoms with Crippen molar-refractivity contribution >= 4 is 9.84 Å². The summed E-state index contributed by atoms with van der Waals surface area (Å²) in [4.78, 5) is 2.60. The van der Waals surface area contributed by atoms with Gasteiger partial charge in [0.15, 0.2) is 9.84 Å². The maximum atomic E-state index is 12.4. The summed E-state index contributed by atoms with van der Waals surface area (Å²) in [7, 11) is -3.27. The Kier molecular flexibility index (Phi) is 5.38. The van der Waals surface area contributed by atoms with Crippen LogP contribution >= 0.6 is 0 Å². The van der Waals surface area contributed by atoms with Crippen molar-refractivity contribution in [2.75, 3.05) is 18.8 Å². The van der Waals surface area contributed by atoms with Gasteiger partial charge in [-0.2, -0.15) is 5.26 Å². The summed E-state index contributed by atoms with van der Waals surface area (Å²) >= 11 is 0. The third-order valence-corrected chi connectivity index (χ3v) is 5.89. The van der Waals surface area contributed by atoms with Crippen LogP contribution in [0.2, 0.25) is 0 Å². The number of sulfone groups is 1. The van der Waals surface area contributed by atoms with E-state index in [9.17, 15) is 8.42 Å². The largest absolute Gasteiger partial charge is 0.300 e. The fraction of sp³-hybridized carbons (Fsp3) is 0.562. The van der Waals surface area contributed by atoms with Gasteiger partial charge in [0.1, 0.15) is 0 Å². The Morgan fingerprint density at radius 1 is 1.24 bits per heavy atom. The Hall–Kier alpha value is -1.38. The molecule has 21 heavy (non-hydrogen) atoms. The highest BCUT2D eigenvalue weighted by molar-refractivity contribution is 7.91. The molecule has 0 aliphatic carbocycles. The van der Waals surface area contributed by atoms with Crippen molar-refractivity contribution in [1.29, 1.82) is 5.26 Å². The van der Waals surface area contributed by atoms with E-state index in [-0.39, 0.29) is 5.75 Å². The zero-order chi connectivity index (χ0) is 15.3. The number of likely N-dealkylation sites (tertiary alicyclic amines) is 1. The molecule has 114 valence electrons. The topological polar surface area (TPSA) is 61.2 Å². The quantitative estimate of drug-likeness (QED) is 0.858. The van der Waals surface area contributed by atoms with Crippen LogP contribution in [-0.2, 0) is 9.84 Å². The Labute approximate surface area is 127 Å². The summed E-state index contributed by atoms with van der Waals surface area (Å²) in [5, 5.41) is 8.75. The molecule has 4 nitrogen and oxygen atoms in total. The normalized spacial score (nSPS) is 20.7. The van der Waals surface area contributed by atoms with E-state index in [1.807, 2.05) is 6.07 Å². The van der Waals surface area contributed by atoms with Crippen LogP contribution in [0.5, 0.6) is 0 Å². The molecule has 1 saturated heterocycles. The van der Waals surface area contributed by atoms with Crippen molar-refractivity contribution in [3.8, 4) is 6.07 Å². The van der Waals surface area contributed by atoms with Gasteiger partial charge in [0.2, 0.25) is 0 Å². The van der Waals surface area contributed by atoms with Crippen molar-refractivity contribution < 1.29 is 8.42 Å². The minimum atomic E-state index is -3.27. The zero-order valence-corrected chi connectivity index (χ0v) is 13.3. The van der Waals surface area contributed by atoms with E-state index in [1.54, 1.807) is 12.1 Å². The van der Waals surface area contributed by atoms with Gasteiger partial charge in [-0.3, -0.25) is 4.90 Å². The van der Waals surface area contributed by atoms with Crippen molar-refractivity contribution in [2.24, 2.45) is 0 Å². The first-order valence-electron chi connectivity index (χ1n) is 7.50. The molecule has 0 spiro atoms. The second-order valence-electron chi connectivity index (χ2n) is 5.69. The van der Waals surface area contributed by atoms with Gasteiger partial charge in [0, 0.05) is 12.6 Å². The standard InChI is InChI=1S/C16H22N2O2S/c1-14-5-3-2-4-10-18(14)11-12-21(19,20)16-8-6-15(13-17)7-9-16/h6-9,14H,2-5,10-12H2,1H3. The molecule has 1 aromatic rings. The third-order valence-electron chi connectivity index (χ3n) is 4.18. The molecule has 0 aromatic heterocycles. The fourth-order valence-corrected chi connectivity index (χ4v) is 4.02. The Bertz CT molecular complexity index is 602. The van der Waals surface area contributed by atoms with E-state index < -0.39 is 9.84 Å². The van der Waals surface area contributed by atoms with E-state index in [2.05, 4.69) is 11.8 Å². The number of nitriles is 1. The van der Waals surface area contributed by atoms with Gasteiger partial charge < -0.3 is 0 Å². The van der Waals surface area contributed by atoms with Crippen LogP contribution in [0.25, 0.3) is 0 Å². The summed E-state index contributed by atoms with van der Waals surface area (Å²) in [6.45, 7) is 3.76. The van der Waals surface area contributed by atoms with Crippen LogP contribution in [0.15, 0.2) is 29.2 Å². The summed E-state index contributed by atoms with van der Waals surface area (Å²) in [5.74, 6) is 0.142. The monoisotopic (exact) mass is 306 g/mol. The van der Waals surface area contributed by atoms with Crippen molar-refractivity contribution in [2.45, 2.75) is 43.5 Å². The predicted molar refractivity (Wildman–Crippen MR) is 82.7 cm³/mol. The van der Waals surface area contributed by atoms with E-state index in [4.69, 9.17) is 5.26 Å². The molecule has 1 atom stereocenters. The molecule has 1 aliphatic rings. The number of nitrogens with zero attached hydrogens (tertiary/aromatic N) is 2. The Morgan fingerprint density at radius 2 is 1.95 bits per heavy atom. The van der Waals surface area contributed by atoms with Gasteiger partial charge in [-0.15, -0.1) is 0 Å². The van der Waals surface area contributed by atoms with Crippen LogP contribution in [0.3, 0.4) is 0 Å². The molecule has 1 aliphatic heterocycles. The van der Waals surface area contributed by atoms with Gasteiger partial charge >= 0.3 is 0 Å². The van der Waals surface area contributed by atoms with Crippen LogP contribution in [0.1, 0.15) is 38.2 Å². The number of hydrogen-bond acceptors (Lipinski definition) is 4. The Morgan fingerprint density at radius 3 is 2.62 bits per heavy atom. The zero-order valence-electron chi connectivity index (χ0n) is 12.5. The molecular weight excluding hydrogens is 284 g/mol. The van der Waals surface area contributed by atoms with Crippen LogP contribution in [-0.4, -0.2) is 38.2 Å². The van der Waals surface area contributed by atoms with E-state index in [0.717, 1.165) is 19.4 Å². The van der Waals surface area contributed by atoms with Gasteiger partial charge in [0.05, 0.1) is 22.3 Å². The molecule has 0 N–H and O–H groups in total. The number of benzene rings is 1. The van der Waals surface area contributed by atoms with Crippen LogP contribution in [0.4, 0.5) is 0 Å². The van der Waals surface area contributed by atoms with Crippen molar-refractivity contribution in [3.05, 3.63) is 29.8 Å². The fourth-order valence-electron chi connectivity index (χ4n) is 2.76. The maximum Gasteiger partial charge on any atom is 0.179 e. The molecule has 0 bridgehead atoms. The SMILES string of the molecule is CC1CCCCCN1CCS(=O)(=O)c1ccc(C#N)cc1. The second-order valence-corrected chi connectivity index (χ2v) is 7.80. The lowest BCUT2D eigenvalue weighted by molar-refractivity contribution is 0.226. The lowest BCUT2D eigenvalue weighted by Crippen LogP contribution is -2.36. The first-order valence-corrected chi connectivity index (χ1v) is 9.15. The minimum absolute atomic E-state index is 0.142. The summed E-state index contributed by atoms with van der Waals surface area (Å²) in [5.41, 5.74) is 0.482. The van der Waals surface area contributed by atoms with E-state index >= 15 is 0 Å². The van der Waals surface area contributed by atoms with E-state index in [1.165, 1.54) is 25.0 Å². The number of hydrogen-bond donors (Lipinski definition) is 0. The average molecular weight is 306 g/mol. The van der Waals surface area contributed by atoms with Crippen molar-refractivity contribution in [1.82, 2.24) is 4.90 Å². The molecule has 1 unspecified atom stereocenters. The predicted octanol–water partition coefficient (Wildman–Crippen LogP) is 2.60. The maximum absolute atomic E-state index is 12.4. The van der Waals surface area contributed by atoms with E-state index in [0.29, 0.717) is 23.0 Å². The molecule has 1 aromatic carbocycles. The molecule has 5 heteroatoms. The first-order chi connectivity index (χ1) is 10.0. The molecule has 1 heterocycles. The second kappa shape index (κ2) is 7.06. The van der Waals surface area contributed by atoms with Gasteiger partial charge in [0.25, 0.3) is 0 Å². The highest BCUT2D eigenvalue weighted by Gasteiger charge is 2.20. The Balaban J connectivity index is 2.01. The molecular formula is C16H22N2O2S. The molecule has 0 radical (unpaired) electrons. The summed E-state index contributed by atoms with van der Waals surface area (Å²) in [6.07, 6.45) is 4.78. The highest BCUT2D eigenvalue weighted by Crippen LogP contribution is 2.18. The number of rotatable bonds is 4. The van der Waals surface area contributed by atoms with Crippen molar-refractivity contribution in [3.63, 3.8) is 0 Å². The summed E-state index contributed by atoms with van der Waals surface area (Å²) < 4.78 is 24.7. The first kappa shape index (κ1) is 16.0. The van der Waals surface area contributed by atoms with Gasteiger partial charge in [-0.05, 0) is 50.6 Å². The lowest BCUT2D eigenvalue weighted by atomic mass is 10.1. The minimum Gasteiger partial charge on any atom is -0.300 e. The van der Waals surface area contributed by atoms with Gasteiger partial charge in [-0.25, -0.2) is 8.42 Å².